The number of nitro groups is 1. The molecule has 11 heteroatoms. The summed E-state index contributed by atoms with van der Waals surface area (Å²) in [5, 5.41) is 14.8. The molecule has 0 aliphatic carbocycles. The molecule has 0 saturated carbocycles. The fourth-order valence-electron chi connectivity index (χ4n) is 3.99. The van der Waals surface area contributed by atoms with Crippen LogP contribution < -0.4 is 5.32 Å². The first-order chi connectivity index (χ1) is 15.1. The van der Waals surface area contributed by atoms with Crippen molar-refractivity contribution in [1.29, 1.82) is 0 Å². The number of carbonyl (C=O) groups is 1. The molecular weight excluding hydrogens is 436 g/mol. The Hall–Kier alpha value is -2.24. The van der Waals surface area contributed by atoms with Crippen LogP contribution in [0.2, 0.25) is 0 Å². The third-order valence-corrected chi connectivity index (χ3v) is 8.01. The summed E-state index contributed by atoms with van der Waals surface area (Å²) in [5.41, 5.74) is -0.238. The van der Waals surface area contributed by atoms with Gasteiger partial charge in [-0.3, -0.25) is 14.9 Å². The molecule has 1 aromatic carbocycles. The second-order valence-corrected chi connectivity index (χ2v) is 10.8. The molecule has 1 amide bonds. The van der Waals surface area contributed by atoms with Crippen molar-refractivity contribution in [3.63, 3.8) is 0 Å². The van der Waals surface area contributed by atoms with Crippen molar-refractivity contribution in [3.8, 4) is 0 Å². The third-order valence-electron chi connectivity index (χ3n) is 6.11. The van der Waals surface area contributed by atoms with E-state index in [1.165, 1.54) is 16.4 Å². The van der Waals surface area contributed by atoms with E-state index in [0.717, 1.165) is 18.9 Å². The van der Waals surface area contributed by atoms with Gasteiger partial charge in [0, 0.05) is 32.2 Å². The van der Waals surface area contributed by atoms with Crippen LogP contribution in [-0.4, -0.2) is 73.9 Å². The lowest BCUT2D eigenvalue weighted by atomic mass is 9.96. The van der Waals surface area contributed by atoms with Gasteiger partial charge in [0.1, 0.15) is 11.7 Å². The number of rotatable bonds is 7. The second-order valence-electron chi connectivity index (χ2n) is 8.83. The van der Waals surface area contributed by atoms with Crippen LogP contribution in [0.25, 0.3) is 0 Å². The maximum atomic E-state index is 13.1. The van der Waals surface area contributed by atoms with Crippen molar-refractivity contribution in [2.24, 2.45) is 11.8 Å². The predicted molar refractivity (Wildman–Crippen MR) is 120 cm³/mol. The molecule has 2 aliphatic rings. The lowest BCUT2D eigenvalue weighted by molar-refractivity contribution is -0.384. The Morgan fingerprint density at radius 1 is 1.19 bits per heavy atom. The van der Waals surface area contributed by atoms with Crippen LogP contribution in [0.5, 0.6) is 0 Å². The monoisotopic (exact) mass is 468 g/mol. The van der Waals surface area contributed by atoms with Gasteiger partial charge in [0.2, 0.25) is 15.9 Å². The molecule has 2 saturated heterocycles. The number of amides is 1. The SMILES string of the molecule is CC1CCN(C(=O)[C@H](Nc2ccc(S(=O)(=O)N3CCOCC3)cc2[N+](=O)[O-])C(C)C)CC1. The number of nitro benzene ring substituents is 1. The number of likely N-dealkylation sites (tertiary alicyclic amines) is 1. The molecule has 1 aromatic rings. The van der Waals surface area contributed by atoms with Gasteiger partial charge in [-0.05, 0) is 36.8 Å². The number of nitrogens with one attached hydrogen (secondary N) is 1. The van der Waals surface area contributed by atoms with E-state index in [2.05, 4.69) is 12.2 Å². The smallest absolute Gasteiger partial charge is 0.293 e. The van der Waals surface area contributed by atoms with Crippen molar-refractivity contribution in [3.05, 3.63) is 28.3 Å². The normalized spacial score (nSPS) is 19.7. The molecule has 2 heterocycles. The molecule has 0 spiro atoms. The Morgan fingerprint density at radius 2 is 1.81 bits per heavy atom. The Labute approximate surface area is 189 Å². The van der Waals surface area contributed by atoms with Crippen LogP contribution in [0.4, 0.5) is 11.4 Å². The van der Waals surface area contributed by atoms with Gasteiger partial charge in [-0.1, -0.05) is 20.8 Å². The van der Waals surface area contributed by atoms with Gasteiger partial charge in [-0.15, -0.1) is 0 Å². The lowest BCUT2D eigenvalue weighted by Crippen LogP contribution is -2.48. The number of nitrogens with zero attached hydrogens (tertiary/aromatic N) is 3. The van der Waals surface area contributed by atoms with Gasteiger partial charge in [0.15, 0.2) is 0 Å². The quantitative estimate of drug-likeness (QED) is 0.481. The zero-order valence-electron chi connectivity index (χ0n) is 18.8. The van der Waals surface area contributed by atoms with Gasteiger partial charge in [0.05, 0.1) is 23.0 Å². The number of piperidine rings is 1. The Kier molecular flexibility index (Phi) is 7.73. The van der Waals surface area contributed by atoms with Crippen LogP contribution in [0, 0.1) is 22.0 Å². The second kappa shape index (κ2) is 10.1. The highest BCUT2D eigenvalue weighted by atomic mass is 32.2. The van der Waals surface area contributed by atoms with Crippen molar-refractivity contribution >= 4 is 27.3 Å². The number of anilines is 1. The van der Waals surface area contributed by atoms with E-state index in [9.17, 15) is 23.3 Å². The van der Waals surface area contributed by atoms with Crippen molar-refractivity contribution < 1.29 is 22.9 Å². The molecule has 2 aliphatic heterocycles. The largest absolute Gasteiger partial charge is 0.379 e. The molecule has 0 aromatic heterocycles. The molecule has 2 fully saturated rings. The standard InChI is InChI=1S/C21H32N4O6S/c1-15(2)20(21(26)23-8-6-16(3)7-9-23)22-18-5-4-17(14-19(18)25(27)28)32(29,30)24-10-12-31-13-11-24/h4-5,14-16,20,22H,6-13H2,1-3H3/t20-/m1/s1. The fraction of sp³-hybridized carbons (Fsp3) is 0.667. The fourth-order valence-corrected chi connectivity index (χ4v) is 5.42. The summed E-state index contributed by atoms with van der Waals surface area (Å²) in [5.74, 6) is 0.371. The van der Waals surface area contributed by atoms with Gasteiger partial charge >= 0.3 is 0 Å². The number of hydrogen-bond donors (Lipinski definition) is 1. The Bertz CT molecular complexity index is 938. The third kappa shape index (κ3) is 5.38. The average molecular weight is 469 g/mol. The van der Waals surface area contributed by atoms with Crippen LogP contribution in [-0.2, 0) is 19.6 Å². The first kappa shape index (κ1) is 24.4. The maximum Gasteiger partial charge on any atom is 0.293 e. The van der Waals surface area contributed by atoms with Crippen LogP contribution >= 0.6 is 0 Å². The summed E-state index contributed by atoms with van der Waals surface area (Å²) in [7, 11) is -3.87. The molecule has 0 unspecified atom stereocenters. The molecule has 3 rings (SSSR count). The van der Waals surface area contributed by atoms with E-state index in [1.807, 2.05) is 13.8 Å². The number of benzene rings is 1. The van der Waals surface area contributed by atoms with E-state index in [4.69, 9.17) is 4.74 Å². The van der Waals surface area contributed by atoms with Crippen LogP contribution in [0.3, 0.4) is 0 Å². The summed E-state index contributed by atoms with van der Waals surface area (Å²) in [6, 6.07) is 3.15. The van der Waals surface area contributed by atoms with E-state index in [1.54, 1.807) is 4.90 Å². The molecular formula is C21H32N4O6S. The Balaban J connectivity index is 1.86. The van der Waals surface area contributed by atoms with E-state index >= 15 is 0 Å². The minimum absolute atomic E-state index is 0.0915. The van der Waals surface area contributed by atoms with Gasteiger partial charge < -0.3 is 15.0 Å². The molecule has 10 nitrogen and oxygen atoms in total. The minimum Gasteiger partial charge on any atom is -0.379 e. The van der Waals surface area contributed by atoms with E-state index < -0.39 is 21.0 Å². The summed E-state index contributed by atoms with van der Waals surface area (Å²) < 4.78 is 32.3. The van der Waals surface area contributed by atoms with E-state index in [-0.39, 0.29) is 54.4 Å². The Morgan fingerprint density at radius 3 is 2.38 bits per heavy atom. The predicted octanol–water partition coefficient (Wildman–Crippen LogP) is 2.31. The highest BCUT2D eigenvalue weighted by Crippen LogP contribution is 2.31. The topological polar surface area (TPSA) is 122 Å². The lowest BCUT2D eigenvalue weighted by Gasteiger charge is -2.34. The van der Waals surface area contributed by atoms with E-state index in [0.29, 0.717) is 19.0 Å². The molecule has 0 bridgehead atoms. The zero-order chi connectivity index (χ0) is 23.5. The summed E-state index contributed by atoms with van der Waals surface area (Å²) in [6.45, 7) is 8.24. The summed E-state index contributed by atoms with van der Waals surface area (Å²) in [6.07, 6.45) is 1.87. The van der Waals surface area contributed by atoms with Gasteiger partial charge in [-0.25, -0.2) is 8.42 Å². The first-order valence-electron chi connectivity index (χ1n) is 11.0. The highest BCUT2D eigenvalue weighted by molar-refractivity contribution is 7.89. The molecule has 0 radical (unpaired) electrons. The van der Waals surface area contributed by atoms with Crippen molar-refractivity contribution in [1.82, 2.24) is 9.21 Å². The number of morpholine rings is 1. The minimum atomic E-state index is -3.87. The number of carbonyl (C=O) groups excluding carboxylic acids is 1. The first-order valence-corrected chi connectivity index (χ1v) is 12.5. The molecule has 1 N–H and O–H groups in total. The van der Waals surface area contributed by atoms with Crippen molar-refractivity contribution in [2.75, 3.05) is 44.7 Å². The van der Waals surface area contributed by atoms with Gasteiger partial charge in [0.25, 0.3) is 5.69 Å². The van der Waals surface area contributed by atoms with Gasteiger partial charge in [-0.2, -0.15) is 4.31 Å². The zero-order valence-corrected chi connectivity index (χ0v) is 19.6. The number of sulfonamides is 1. The van der Waals surface area contributed by atoms with Crippen molar-refractivity contribution in [2.45, 2.75) is 44.6 Å². The highest BCUT2D eigenvalue weighted by Gasteiger charge is 2.33. The molecule has 1 atom stereocenters. The maximum absolute atomic E-state index is 13.1. The number of hydrogen-bond acceptors (Lipinski definition) is 7. The average Bonchev–Trinajstić information content (AvgIpc) is 2.77. The molecule has 32 heavy (non-hydrogen) atoms. The number of ether oxygens (including phenoxy) is 1. The van der Waals surface area contributed by atoms with Crippen LogP contribution in [0.15, 0.2) is 23.1 Å². The summed E-state index contributed by atoms with van der Waals surface area (Å²) >= 11 is 0. The molecule has 178 valence electrons. The van der Waals surface area contributed by atoms with Crippen LogP contribution in [0.1, 0.15) is 33.6 Å². The summed E-state index contributed by atoms with van der Waals surface area (Å²) in [4.78, 5) is 26.0.